The minimum absolute atomic E-state index is 0.140. The van der Waals surface area contributed by atoms with Gasteiger partial charge in [0.05, 0.1) is 0 Å². The molecule has 0 unspecified atom stereocenters. The molecule has 0 aliphatic heterocycles. The van der Waals surface area contributed by atoms with Crippen molar-refractivity contribution >= 4 is 5.91 Å². The molecular formula is C14H22N2O. The van der Waals surface area contributed by atoms with Gasteiger partial charge in [0.15, 0.2) is 0 Å². The molecule has 0 aliphatic rings. The first-order chi connectivity index (χ1) is 7.55. The molecule has 1 amide bonds. The van der Waals surface area contributed by atoms with Gasteiger partial charge >= 0.3 is 0 Å². The van der Waals surface area contributed by atoms with Gasteiger partial charge in [-0.1, -0.05) is 41.5 Å². The molecule has 0 atom stereocenters. The Balaban J connectivity index is 3.61. The molecule has 0 radical (unpaired) electrons. The summed E-state index contributed by atoms with van der Waals surface area (Å²) in [5.41, 5.74) is 7.72. The number of nitrogens with zero attached hydrogens (tertiary/aromatic N) is 1. The van der Waals surface area contributed by atoms with E-state index in [2.05, 4.69) is 46.5 Å². The average Bonchev–Trinajstić information content (AvgIpc) is 2.13. The predicted molar refractivity (Wildman–Crippen MR) is 70.2 cm³/mol. The Hall–Kier alpha value is -1.38. The molecule has 1 aromatic heterocycles. The summed E-state index contributed by atoms with van der Waals surface area (Å²) in [6.45, 7) is 12.4. The highest BCUT2D eigenvalue weighted by molar-refractivity contribution is 5.96. The Labute approximate surface area is 103 Å². The number of hydrogen-bond acceptors (Lipinski definition) is 2. The normalized spacial score (nSPS) is 12.6. The van der Waals surface area contributed by atoms with Crippen molar-refractivity contribution in [2.24, 2.45) is 5.73 Å². The van der Waals surface area contributed by atoms with Gasteiger partial charge in [0.2, 0.25) is 5.91 Å². The molecule has 0 fully saturated rings. The zero-order valence-electron chi connectivity index (χ0n) is 11.6. The van der Waals surface area contributed by atoms with Crippen molar-refractivity contribution in [1.29, 1.82) is 0 Å². The summed E-state index contributed by atoms with van der Waals surface area (Å²) < 4.78 is 0. The highest BCUT2D eigenvalue weighted by Gasteiger charge is 2.28. The minimum Gasteiger partial charge on any atom is -0.366 e. The second kappa shape index (κ2) is 4.13. The van der Waals surface area contributed by atoms with Gasteiger partial charge in [-0.25, -0.2) is 0 Å². The van der Waals surface area contributed by atoms with Crippen molar-refractivity contribution < 1.29 is 4.79 Å². The molecule has 1 aromatic rings. The number of nitrogens with two attached hydrogens (primary N) is 1. The molecule has 0 aromatic carbocycles. The van der Waals surface area contributed by atoms with E-state index in [1.165, 1.54) is 0 Å². The monoisotopic (exact) mass is 234 g/mol. The number of amides is 1. The zero-order chi connectivity index (χ0) is 13.4. The van der Waals surface area contributed by atoms with Gasteiger partial charge in [-0.3, -0.25) is 9.78 Å². The van der Waals surface area contributed by atoms with E-state index in [1.54, 1.807) is 12.4 Å². The lowest BCUT2D eigenvalue weighted by Crippen LogP contribution is -2.27. The first kappa shape index (κ1) is 13.7. The third-order valence-corrected chi connectivity index (χ3v) is 2.81. The van der Waals surface area contributed by atoms with Crippen LogP contribution in [0, 0.1) is 0 Å². The minimum atomic E-state index is -0.373. The Morgan fingerprint density at radius 2 is 1.35 bits per heavy atom. The van der Waals surface area contributed by atoms with Crippen LogP contribution in [0.2, 0.25) is 0 Å². The van der Waals surface area contributed by atoms with E-state index in [4.69, 9.17) is 5.73 Å². The quantitative estimate of drug-likeness (QED) is 0.812. The third kappa shape index (κ3) is 2.84. The summed E-state index contributed by atoms with van der Waals surface area (Å²) >= 11 is 0. The topological polar surface area (TPSA) is 56.0 Å². The van der Waals surface area contributed by atoms with E-state index in [9.17, 15) is 4.79 Å². The third-order valence-electron chi connectivity index (χ3n) is 2.81. The summed E-state index contributed by atoms with van der Waals surface area (Å²) in [4.78, 5) is 16.0. The van der Waals surface area contributed by atoms with Crippen molar-refractivity contribution in [1.82, 2.24) is 4.98 Å². The van der Waals surface area contributed by atoms with Gasteiger partial charge in [-0.2, -0.15) is 0 Å². The number of primary amides is 1. The summed E-state index contributed by atoms with van der Waals surface area (Å²) in [6, 6.07) is 0. The van der Waals surface area contributed by atoms with E-state index >= 15 is 0 Å². The molecule has 3 heteroatoms. The molecule has 1 rings (SSSR count). The lowest BCUT2D eigenvalue weighted by Gasteiger charge is -2.27. The van der Waals surface area contributed by atoms with Crippen molar-refractivity contribution in [3.8, 4) is 0 Å². The smallest absolute Gasteiger partial charge is 0.249 e. The first-order valence-corrected chi connectivity index (χ1v) is 5.84. The van der Waals surface area contributed by atoms with E-state index in [0.29, 0.717) is 5.56 Å². The van der Waals surface area contributed by atoms with Crippen LogP contribution in [0.4, 0.5) is 0 Å². The van der Waals surface area contributed by atoms with Crippen LogP contribution in [-0.4, -0.2) is 10.9 Å². The van der Waals surface area contributed by atoms with E-state index in [1.807, 2.05) is 0 Å². The molecule has 0 bridgehead atoms. The zero-order valence-corrected chi connectivity index (χ0v) is 11.6. The number of carbonyl (C=O) groups excluding carboxylic acids is 1. The molecule has 0 saturated heterocycles. The molecule has 1 heterocycles. The average molecular weight is 234 g/mol. The second-order valence-corrected chi connectivity index (χ2v) is 6.47. The van der Waals surface area contributed by atoms with Gasteiger partial charge in [0, 0.05) is 18.0 Å². The maximum atomic E-state index is 11.7. The maximum Gasteiger partial charge on any atom is 0.249 e. The van der Waals surface area contributed by atoms with Crippen LogP contribution in [0.1, 0.15) is 63.0 Å². The molecule has 0 aliphatic carbocycles. The largest absolute Gasteiger partial charge is 0.366 e. The van der Waals surface area contributed by atoms with E-state index in [-0.39, 0.29) is 16.7 Å². The molecular weight excluding hydrogens is 212 g/mol. The summed E-state index contributed by atoms with van der Waals surface area (Å²) in [5, 5.41) is 0. The van der Waals surface area contributed by atoms with Gasteiger partial charge in [-0.15, -0.1) is 0 Å². The Morgan fingerprint density at radius 3 is 1.59 bits per heavy atom. The highest BCUT2D eigenvalue weighted by Crippen LogP contribution is 2.32. The number of rotatable bonds is 1. The second-order valence-electron chi connectivity index (χ2n) is 6.47. The van der Waals surface area contributed by atoms with Crippen LogP contribution in [0.15, 0.2) is 12.4 Å². The fourth-order valence-corrected chi connectivity index (χ4v) is 1.86. The number of hydrogen-bond donors (Lipinski definition) is 1. The lowest BCUT2D eigenvalue weighted by atomic mass is 9.77. The summed E-state index contributed by atoms with van der Waals surface area (Å²) in [6.07, 6.45) is 3.49. The van der Waals surface area contributed by atoms with Crippen LogP contribution < -0.4 is 5.73 Å². The molecule has 0 saturated carbocycles. The molecule has 2 N–H and O–H groups in total. The highest BCUT2D eigenvalue weighted by atomic mass is 16.1. The van der Waals surface area contributed by atoms with Crippen molar-refractivity contribution in [3.63, 3.8) is 0 Å². The first-order valence-electron chi connectivity index (χ1n) is 5.84. The van der Waals surface area contributed by atoms with Gasteiger partial charge in [0.1, 0.15) is 0 Å². The van der Waals surface area contributed by atoms with Crippen LogP contribution in [-0.2, 0) is 10.8 Å². The Kier molecular flexibility index (Phi) is 3.33. The van der Waals surface area contributed by atoms with E-state index in [0.717, 1.165) is 11.1 Å². The molecule has 94 valence electrons. The summed E-state index contributed by atoms with van der Waals surface area (Å²) in [5.74, 6) is -0.373. The molecule has 0 spiro atoms. The van der Waals surface area contributed by atoms with Crippen molar-refractivity contribution in [2.75, 3.05) is 0 Å². The number of aromatic nitrogens is 1. The Bertz CT molecular complexity index is 404. The molecule has 17 heavy (non-hydrogen) atoms. The lowest BCUT2D eigenvalue weighted by molar-refractivity contribution is 0.0995. The molecule has 3 nitrogen and oxygen atoms in total. The van der Waals surface area contributed by atoms with Gasteiger partial charge in [-0.05, 0) is 22.0 Å². The van der Waals surface area contributed by atoms with Crippen molar-refractivity contribution in [3.05, 3.63) is 29.1 Å². The van der Waals surface area contributed by atoms with E-state index < -0.39 is 0 Å². The standard InChI is InChI=1S/C14H22N2O/c1-13(2,3)9-7-16-8-10(14(4,5)6)11(9)12(15)17/h7-8H,1-6H3,(H2,15,17). The maximum absolute atomic E-state index is 11.7. The van der Waals surface area contributed by atoms with Crippen LogP contribution in [0.3, 0.4) is 0 Å². The van der Waals surface area contributed by atoms with Crippen molar-refractivity contribution in [2.45, 2.75) is 52.4 Å². The predicted octanol–water partition coefficient (Wildman–Crippen LogP) is 2.78. The Morgan fingerprint density at radius 1 is 1.00 bits per heavy atom. The SMILES string of the molecule is CC(C)(C)c1cncc(C(C)(C)C)c1C(N)=O. The van der Waals surface area contributed by atoms with Gasteiger partial charge < -0.3 is 5.73 Å². The van der Waals surface area contributed by atoms with Gasteiger partial charge in [0.25, 0.3) is 0 Å². The van der Waals surface area contributed by atoms with Crippen LogP contribution in [0.5, 0.6) is 0 Å². The summed E-state index contributed by atoms with van der Waals surface area (Å²) in [7, 11) is 0. The number of carbonyl (C=O) groups is 1. The van der Waals surface area contributed by atoms with Crippen LogP contribution in [0.25, 0.3) is 0 Å². The fourth-order valence-electron chi connectivity index (χ4n) is 1.86. The fraction of sp³-hybridized carbons (Fsp3) is 0.571. The number of pyridine rings is 1. The van der Waals surface area contributed by atoms with Crippen LogP contribution >= 0.6 is 0 Å².